The molecule has 5 nitrogen and oxygen atoms in total. The summed E-state index contributed by atoms with van der Waals surface area (Å²) in [6.07, 6.45) is 3.59. The van der Waals surface area contributed by atoms with Crippen molar-refractivity contribution in [1.29, 1.82) is 0 Å². The Kier molecular flexibility index (Phi) is 2.56. The molecule has 0 aliphatic rings. The number of hydrogen-bond donors (Lipinski definition) is 1. The van der Waals surface area contributed by atoms with Gasteiger partial charge in [-0.15, -0.1) is 11.3 Å². The van der Waals surface area contributed by atoms with Crippen molar-refractivity contribution in [3.63, 3.8) is 0 Å². The van der Waals surface area contributed by atoms with Gasteiger partial charge in [0.25, 0.3) is 0 Å². The predicted octanol–water partition coefficient (Wildman–Crippen LogP) is 2.28. The van der Waals surface area contributed by atoms with Gasteiger partial charge in [0.15, 0.2) is 5.13 Å². The molecule has 2 N–H and O–H groups in total. The summed E-state index contributed by atoms with van der Waals surface area (Å²) in [5.74, 6) is 0.421. The van der Waals surface area contributed by atoms with E-state index in [1.807, 2.05) is 36.7 Å². The number of aromatic nitrogens is 4. The fraction of sp³-hybridized carbons (Fsp3) is 0.0833. The first kappa shape index (κ1) is 10.9. The minimum absolute atomic E-state index is 0.421. The molecule has 0 radical (unpaired) electrons. The molecule has 3 rings (SSSR count). The summed E-state index contributed by atoms with van der Waals surface area (Å²) >= 11 is 1.54. The summed E-state index contributed by atoms with van der Waals surface area (Å²) in [4.78, 5) is 13.0. The van der Waals surface area contributed by atoms with Gasteiger partial charge in [-0.25, -0.2) is 9.97 Å². The molecular weight excluding hydrogens is 246 g/mol. The SMILES string of the molecule is Cc1csc(-n2cc(-c3ccccn3)nc2N)n1. The Hall–Kier alpha value is -2.21. The largest absolute Gasteiger partial charge is 0.369 e. The van der Waals surface area contributed by atoms with E-state index in [-0.39, 0.29) is 0 Å². The van der Waals surface area contributed by atoms with Crippen LogP contribution in [0.15, 0.2) is 36.0 Å². The lowest BCUT2D eigenvalue weighted by Gasteiger charge is -1.96. The van der Waals surface area contributed by atoms with Gasteiger partial charge in [0.05, 0.1) is 11.4 Å². The minimum Gasteiger partial charge on any atom is -0.369 e. The third kappa shape index (κ3) is 1.86. The van der Waals surface area contributed by atoms with Crippen LogP contribution in [0.3, 0.4) is 0 Å². The molecule has 0 unspecified atom stereocenters. The van der Waals surface area contributed by atoms with Crippen LogP contribution in [0.2, 0.25) is 0 Å². The number of nitrogens with two attached hydrogens (primary N) is 1. The van der Waals surface area contributed by atoms with Crippen molar-refractivity contribution >= 4 is 17.3 Å². The van der Waals surface area contributed by atoms with Crippen LogP contribution in [0.25, 0.3) is 16.5 Å². The molecule has 0 saturated heterocycles. The summed E-state index contributed by atoms with van der Waals surface area (Å²) in [7, 11) is 0. The van der Waals surface area contributed by atoms with Gasteiger partial charge in [0.2, 0.25) is 5.95 Å². The first-order chi connectivity index (χ1) is 8.74. The second-order valence-electron chi connectivity index (χ2n) is 3.84. The van der Waals surface area contributed by atoms with Crippen molar-refractivity contribution in [1.82, 2.24) is 19.5 Å². The standard InChI is InChI=1S/C12H11N5S/c1-8-7-18-12(15-8)17-6-10(16-11(17)13)9-4-2-3-5-14-9/h2-7H,1H3,(H2,13,16). The number of rotatable bonds is 2. The van der Waals surface area contributed by atoms with Gasteiger partial charge >= 0.3 is 0 Å². The average Bonchev–Trinajstić information content (AvgIpc) is 2.97. The molecule has 0 aliphatic heterocycles. The number of aryl methyl sites for hydroxylation is 1. The van der Waals surface area contributed by atoms with Gasteiger partial charge in [-0.2, -0.15) is 0 Å². The Morgan fingerprint density at radius 1 is 1.22 bits per heavy atom. The summed E-state index contributed by atoms with van der Waals surface area (Å²) in [6, 6.07) is 5.69. The fourth-order valence-corrected chi connectivity index (χ4v) is 2.42. The van der Waals surface area contributed by atoms with Crippen LogP contribution in [-0.4, -0.2) is 19.5 Å². The summed E-state index contributed by atoms with van der Waals surface area (Å²) in [6.45, 7) is 1.95. The van der Waals surface area contributed by atoms with Gasteiger partial charge in [0, 0.05) is 17.8 Å². The van der Waals surface area contributed by atoms with Gasteiger partial charge in [0.1, 0.15) is 5.69 Å². The molecular formula is C12H11N5S. The zero-order chi connectivity index (χ0) is 12.5. The quantitative estimate of drug-likeness (QED) is 0.764. The smallest absolute Gasteiger partial charge is 0.207 e. The van der Waals surface area contributed by atoms with Crippen molar-refractivity contribution in [2.75, 3.05) is 5.73 Å². The maximum atomic E-state index is 5.91. The molecule has 0 atom stereocenters. The number of pyridine rings is 1. The number of anilines is 1. The van der Waals surface area contributed by atoms with Crippen LogP contribution >= 0.6 is 11.3 Å². The average molecular weight is 257 g/mol. The maximum Gasteiger partial charge on any atom is 0.207 e. The molecule has 0 bridgehead atoms. The highest BCUT2D eigenvalue weighted by Gasteiger charge is 2.11. The molecule has 3 aromatic heterocycles. The second-order valence-corrected chi connectivity index (χ2v) is 4.68. The molecule has 6 heteroatoms. The monoisotopic (exact) mass is 257 g/mol. The van der Waals surface area contributed by atoms with E-state index >= 15 is 0 Å². The minimum atomic E-state index is 0.421. The zero-order valence-corrected chi connectivity index (χ0v) is 10.6. The number of nitrogens with zero attached hydrogens (tertiary/aromatic N) is 4. The molecule has 0 fully saturated rings. The Morgan fingerprint density at radius 2 is 2.11 bits per heavy atom. The number of thiazole rings is 1. The third-order valence-electron chi connectivity index (χ3n) is 2.47. The van der Waals surface area contributed by atoms with Crippen LogP contribution in [0.1, 0.15) is 5.69 Å². The molecule has 0 spiro atoms. The van der Waals surface area contributed by atoms with Gasteiger partial charge in [-0.3, -0.25) is 9.55 Å². The molecule has 90 valence electrons. The van der Waals surface area contributed by atoms with E-state index < -0.39 is 0 Å². The number of hydrogen-bond acceptors (Lipinski definition) is 5. The third-order valence-corrected chi connectivity index (χ3v) is 3.43. The Bertz CT molecular complexity index is 671. The van der Waals surface area contributed by atoms with E-state index in [0.717, 1.165) is 22.2 Å². The van der Waals surface area contributed by atoms with Crippen LogP contribution in [0.5, 0.6) is 0 Å². The van der Waals surface area contributed by atoms with Crippen molar-refractivity contribution in [2.45, 2.75) is 6.92 Å². The molecule has 0 saturated carbocycles. The molecule has 0 amide bonds. The lowest BCUT2D eigenvalue weighted by molar-refractivity contribution is 1.03. The van der Waals surface area contributed by atoms with Crippen molar-refractivity contribution in [3.8, 4) is 16.5 Å². The molecule has 3 heterocycles. The van der Waals surface area contributed by atoms with E-state index in [1.54, 1.807) is 10.8 Å². The van der Waals surface area contributed by atoms with E-state index in [1.165, 1.54) is 11.3 Å². The zero-order valence-electron chi connectivity index (χ0n) is 9.74. The Balaban J connectivity index is 2.06. The highest BCUT2D eigenvalue weighted by atomic mass is 32.1. The predicted molar refractivity (Wildman–Crippen MR) is 71.6 cm³/mol. The lowest BCUT2D eigenvalue weighted by Crippen LogP contribution is -1.98. The van der Waals surface area contributed by atoms with Gasteiger partial charge in [-0.05, 0) is 19.1 Å². The number of imidazole rings is 1. The highest BCUT2D eigenvalue weighted by Crippen LogP contribution is 2.22. The van der Waals surface area contributed by atoms with Crippen molar-refractivity contribution < 1.29 is 0 Å². The molecule has 3 aromatic rings. The summed E-state index contributed by atoms with van der Waals surface area (Å²) in [5, 5.41) is 2.80. The van der Waals surface area contributed by atoms with E-state index in [9.17, 15) is 0 Å². The van der Waals surface area contributed by atoms with Crippen molar-refractivity contribution in [3.05, 3.63) is 41.7 Å². The first-order valence-electron chi connectivity index (χ1n) is 5.43. The summed E-state index contributed by atoms with van der Waals surface area (Å²) < 4.78 is 1.78. The lowest BCUT2D eigenvalue weighted by atomic mass is 10.3. The van der Waals surface area contributed by atoms with E-state index in [0.29, 0.717) is 5.95 Å². The highest BCUT2D eigenvalue weighted by molar-refractivity contribution is 7.12. The molecule has 0 aliphatic carbocycles. The maximum absolute atomic E-state index is 5.91. The second kappa shape index (κ2) is 4.23. The summed E-state index contributed by atoms with van der Waals surface area (Å²) in [5.41, 5.74) is 8.44. The Labute approximate surface area is 108 Å². The van der Waals surface area contributed by atoms with Crippen LogP contribution < -0.4 is 5.73 Å². The van der Waals surface area contributed by atoms with Gasteiger partial charge in [-0.1, -0.05) is 6.07 Å². The van der Waals surface area contributed by atoms with E-state index in [2.05, 4.69) is 15.0 Å². The van der Waals surface area contributed by atoms with Crippen LogP contribution in [-0.2, 0) is 0 Å². The topological polar surface area (TPSA) is 69.6 Å². The van der Waals surface area contributed by atoms with Crippen LogP contribution in [0, 0.1) is 6.92 Å². The normalized spacial score (nSPS) is 10.7. The fourth-order valence-electron chi connectivity index (χ4n) is 1.64. The van der Waals surface area contributed by atoms with Crippen molar-refractivity contribution in [2.24, 2.45) is 0 Å². The first-order valence-corrected chi connectivity index (χ1v) is 6.31. The van der Waals surface area contributed by atoms with Gasteiger partial charge < -0.3 is 5.73 Å². The molecule has 0 aromatic carbocycles. The Morgan fingerprint density at radius 3 is 2.78 bits per heavy atom. The molecule has 18 heavy (non-hydrogen) atoms. The van der Waals surface area contributed by atoms with E-state index in [4.69, 9.17) is 5.73 Å². The van der Waals surface area contributed by atoms with Crippen LogP contribution in [0.4, 0.5) is 5.95 Å². The number of nitrogen functional groups attached to an aromatic ring is 1.